The van der Waals surface area contributed by atoms with E-state index >= 15 is 0 Å². The molecule has 3 aromatic heterocycles. The van der Waals surface area contributed by atoms with E-state index in [0.29, 0.717) is 5.82 Å². The molecule has 4 nitrogen and oxygen atoms in total. The molecular formula is C52H34N4. The number of hydrogen-bond acceptors (Lipinski definition) is 2. The molecule has 56 heavy (non-hydrogen) atoms. The van der Waals surface area contributed by atoms with Crippen molar-refractivity contribution in [1.29, 1.82) is 0 Å². The smallest absolute Gasteiger partial charge is 0.162 e. The van der Waals surface area contributed by atoms with Crippen LogP contribution in [-0.2, 0) is 0 Å². The number of nitrogens with zero attached hydrogens (tertiary/aromatic N) is 4. The lowest BCUT2D eigenvalue weighted by molar-refractivity contribution is 1.05. The van der Waals surface area contributed by atoms with Crippen LogP contribution in [0.2, 0.25) is 0 Å². The Balaban J connectivity index is 1.13. The Morgan fingerprint density at radius 3 is 1.43 bits per heavy atom. The van der Waals surface area contributed by atoms with Gasteiger partial charge in [-0.15, -0.1) is 0 Å². The molecule has 11 aromatic rings. The quantitative estimate of drug-likeness (QED) is 0.172. The molecule has 4 heteroatoms. The number of para-hydroxylation sites is 2. The Hall–Kier alpha value is -7.56. The highest BCUT2D eigenvalue weighted by atomic mass is 15.1. The van der Waals surface area contributed by atoms with Gasteiger partial charge in [0, 0.05) is 44.4 Å². The molecular weight excluding hydrogens is 681 g/mol. The number of aromatic nitrogens is 4. The molecule has 0 amide bonds. The largest absolute Gasteiger partial charge is 0.309 e. The van der Waals surface area contributed by atoms with E-state index in [1.807, 2.05) is 24.3 Å². The van der Waals surface area contributed by atoms with Gasteiger partial charge in [-0.3, -0.25) is 4.57 Å². The van der Waals surface area contributed by atoms with Gasteiger partial charge in [0.1, 0.15) is 5.82 Å². The van der Waals surface area contributed by atoms with Crippen molar-refractivity contribution in [2.75, 3.05) is 0 Å². The maximum absolute atomic E-state index is 5.27. The SMILES string of the molecule is c1ccc(-c2ccc(-c3cccc(-n4c5ccccc5c5c6c7ccccc7n(-c7cc(-c8ccccc8)nc(-c8ccccc8)n7)c6ccc54)c3)cc2)cc1. The molecule has 0 fully saturated rings. The topological polar surface area (TPSA) is 35.6 Å². The van der Waals surface area contributed by atoms with Crippen LogP contribution in [0.25, 0.3) is 100 Å². The predicted molar refractivity (Wildman–Crippen MR) is 232 cm³/mol. The van der Waals surface area contributed by atoms with Crippen LogP contribution in [0.5, 0.6) is 0 Å². The molecule has 0 spiro atoms. The molecule has 0 aliphatic heterocycles. The minimum absolute atomic E-state index is 0.695. The summed E-state index contributed by atoms with van der Waals surface area (Å²) in [5.41, 5.74) is 13.4. The predicted octanol–water partition coefficient (Wildman–Crippen LogP) is 13.3. The molecule has 0 unspecified atom stereocenters. The second-order valence-electron chi connectivity index (χ2n) is 14.2. The first-order valence-electron chi connectivity index (χ1n) is 19.0. The summed E-state index contributed by atoms with van der Waals surface area (Å²) in [6.07, 6.45) is 0. The lowest BCUT2D eigenvalue weighted by Gasteiger charge is -2.12. The second kappa shape index (κ2) is 13.1. The van der Waals surface area contributed by atoms with Crippen LogP contribution in [0, 0.1) is 0 Å². The third-order valence-corrected chi connectivity index (χ3v) is 10.9. The summed E-state index contributed by atoms with van der Waals surface area (Å²) in [7, 11) is 0. The monoisotopic (exact) mass is 714 g/mol. The van der Waals surface area contributed by atoms with E-state index in [-0.39, 0.29) is 0 Å². The molecule has 3 heterocycles. The lowest BCUT2D eigenvalue weighted by atomic mass is 10.00. The Morgan fingerprint density at radius 2 is 0.786 bits per heavy atom. The van der Waals surface area contributed by atoms with Gasteiger partial charge in [0.2, 0.25) is 0 Å². The third-order valence-electron chi connectivity index (χ3n) is 10.9. The zero-order valence-electron chi connectivity index (χ0n) is 30.4. The van der Waals surface area contributed by atoms with Gasteiger partial charge in [-0.05, 0) is 58.7 Å². The average Bonchev–Trinajstić information content (AvgIpc) is 3.80. The van der Waals surface area contributed by atoms with E-state index in [9.17, 15) is 0 Å². The van der Waals surface area contributed by atoms with E-state index < -0.39 is 0 Å². The fourth-order valence-corrected chi connectivity index (χ4v) is 8.38. The summed E-state index contributed by atoms with van der Waals surface area (Å²) < 4.78 is 4.74. The highest BCUT2D eigenvalue weighted by Gasteiger charge is 2.22. The maximum atomic E-state index is 5.27. The minimum atomic E-state index is 0.695. The van der Waals surface area contributed by atoms with Gasteiger partial charge in [-0.2, -0.15) is 0 Å². The summed E-state index contributed by atoms with van der Waals surface area (Å²) in [5, 5.41) is 4.84. The minimum Gasteiger partial charge on any atom is -0.309 e. The Labute approximate surface area is 324 Å². The van der Waals surface area contributed by atoms with Crippen molar-refractivity contribution in [2.24, 2.45) is 0 Å². The van der Waals surface area contributed by atoms with E-state index in [2.05, 4.69) is 191 Å². The molecule has 11 rings (SSSR count). The molecule has 262 valence electrons. The fourth-order valence-electron chi connectivity index (χ4n) is 8.38. The summed E-state index contributed by atoms with van der Waals surface area (Å²) in [5.74, 6) is 1.53. The van der Waals surface area contributed by atoms with Crippen molar-refractivity contribution < 1.29 is 0 Å². The van der Waals surface area contributed by atoms with E-state index in [4.69, 9.17) is 9.97 Å². The molecule has 0 aliphatic rings. The summed E-state index contributed by atoms with van der Waals surface area (Å²) in [6, 6.07) is 73.2. The van der Waals surface area contributed by atoms with Crippen molar-refractivity contribution in [2.45, 2.75) is 0 Å². The van der Waals surface area contributed by atoms with Gasteiger partial charge in [0.05, 0.1) is 27.8 Å². The summed E-state index contributed by atoms with van der Waals surface area (Å²) in [6.45, 7) is 0. The highest BCUT2D eigenvalue weighted by Crippen LogP contribution is 2.43. The second-order valence-corrected chi connectivity index (χ2v) is 14.2. The van der Waals surface area contributed by atoms with E-state index in [1.54, 1.807) is 0 Å². The van der Waals surface area contributed by atoms with Crippen LogP contribution in [0.4, 0.5) is 0 Å². The molecule has 0 atom stereocenters. The Morgan fingerprint density at radius 1 is 0.304 bits per heavy atom. The fraction of sp³-hybridized carbons (Fsp3) is 0. The van der Waals surface area contributed by atoms with Gasteiger partial charge in [-0.25, -0.2) is 9.97 Å². The number of hydrogen-bond donors (Lipinski definition) is 0. The first kappa shape index (κ1) is 31.9. The van der Waals surface area contributed by atoms with E-state index in [1.165, 1.54) is 49.3 Å². The Kier molecular flexibility index (Phi) is 7.46. The summed E-state index contributed by atoms with van der Waals surface area (Å²) in [4.78, 5) is 10.4. The molecule has 0 saturated carbocycles. The molecule has 0 radical (unpaired) electrons. The standard InChI is InChI=1S/C52H34N4/c1-4-15-35(16-5-1)36-27-29-37(30-28-36)40-21-14-22-41(33-40)55-45-25-12-10-23-42(45)50-47(55)31-32-48-51(50)43-24-11-13-26-46(43)56(48)49-34-44(38-17-6-2-7-18-38)53-52(54-49)39-19-8-3-9-20-39/h1-34H. The first-order chi connectivity index (χ1) is 27.8. The normalized spacial score (nSPS) is 11.6. The first-order valence-corrected chi connectivity index (χ1v) is 19.0. The number of benzene rings is 8. The van der Waals surface area contributed by atoms with Crippen molar-refractivity contribution in [3.05, 3.63) is 206 Å². The van der Waals surface area contributed by atoms with Crippen LogP contribution in [0.1, 0.15) is 0 Å². The van der Waals surface area contributed by atoms with Crippen LogP contribution >= 0.6 is 0 Å². The van der Waals surface area contributed by atoms with Crippen molar-refractivity contribution >= 4 is 43.6 Å². The van der Waals surface area contributed by atoms with Gasteiger partial charge in [0.15, 0.2) is 5.82 Å². The number of rotatable bonds is 6. The molecule has 0 aliphatic carbocycles. The maximum Gasteiger partial charge on any atom is 0.162 e. The zero-order valence-corrected chi connectivity index (χ0v) is 30.4. The van der Waals surface area contributed by atoms with E-state index in [0.717, 1.165) is 44.9 Å². The third kappa shape index (κ3) is 5.23. The number of fused-ring (bicyclic) bond motifs is 7. The van der Waals surface area contributed by atoms with Crippen molar-refractivity contribution in [1.82, 2.24) is 19.1 Å². The van der Waals surface area contributed by atoms with Crippen LogP contribution in [0.15, 0.2) is 206 Å². The average molecular weight is 715 g/mol. The van der Waals surface area contributed by atoms with Crippen molar-refractivity contribution in [3.63, 3.8) is 0 Å². The van der Waals surface area contributed by atoms with Crippen molar-refractivity contribution in [3.8, 4) is 56.4 Å². The summed E-state index contributed by atoms with van der Waals surface area (Å²) >= 11 is 0. The van der Waals surface area contributed by atoms with Crippen LogP contribution in [0.3, 0.4) is 0 Å². The molecule has 0 saturated heterocycles. The molecule has 8 aromatic carbocycles. The van der Waals surface area contributed by atoms with Crippen LogP contribution < -0.4 is 0 Å². The van der Waals surface area contributed by atoms with Gasteiger partial charge in [-0.1, -0.05) is 164 Å². The highest BCUT2D eigenvalue weighted by molar-refractivity contribution is 6.28. The molecule has 0 N–H and O–H groups in total. The molecule has 0 bridgehead atoms. The Bertz CT molecular complexity index is 3160. The van der Waals surface area contributed by atoms with Crippen LogP contribution in [-0.4, -0.2) is 19.1 Å². The van der Waals surface area contributed by atoms with Gasteiger partial charge >= 0.3 is 0 Å². The van der Waals surface area contributed by atoms with Gasteiger partial charge in [0.25, 0.3) is 0 Å². The zero-order chi connectivity index (χ0) is 37.0. The lowest BCUT2D eigenvalue weighted by Crippen LogP contribution is -2.02. The van der Waals surface area contributed by atoms with Gasteiger partial charge < -0.3 is 4.57 Å².